The smallest absolute Gasteiger partial charge is 0.363 e. The van der Waals surface area contributed by atoms with E-state index in [1.165, 1.54) is 17.0 Å². The molecule has 1 amide bonds. The lowest BCUT2D eigenvalue weighted by atomic mass is 9.99. The van der Waals surface area contributed by atoms with E-state index in [0.29, 0.717) is 53.9 Å². The fraction of sp³-hybridized carbons (Fsp3) is 0.484. The van der Waals surface area contributed by atoms with Gasteiger partial charge in [-0.1, -0.05) is 18.2 Å². The molecule has 1 fully saturated rings. The van der Waals surface area contributed by atoms with Crippen molar-refractivity contribution in [2.75, 3.05) is 51.1 Å². The number of aromatic nitrogens is 3. The Hall–Kier alpha value is -3.77. The highest BCUT2D eigenvalue weighted by molar-refractivity contribution is 5.89. The zero-order valence-electron chi connectivity index (χ0n) is 24.6. The Morgan fingerprint density at radius 2 is 1.91 bits per heavy atom. The molecule has 12 heteroatoms. The van der Waals surface area contributed by atoms with Crippen molar-refractivity contribution in [3.8, 4) is 0 Å². The SMILES string of the molecule is CC(Nc1ncnc2c1cc(C1=CCN(C(=O)CCCCN3CCNCC3)CC1)c(=O)n2C)c1cccc(C(F)(F)F)c1. The van der Waals surface area contributed by atoms with Crippen LogP contribution in [0.1, 0.15) is 55.3 Å². The average molecular weight is 598 g/mol. The van der Waals surface area contributed by atoms with Gasteiger partial charge in [-0.25, -0.2) is 9.97 Å². The lowest BCUT2D eigenvalue weighted by Gasteiger charge is -2.28. The summed E-state index contributed by atoms with van der Waals surface area (Å²) in [5, 5.41) is 7.15. The number of aryl methyl sites for hydroxylation is 1. The summed E-state index contributed by atoms with van der Waals surface area (Å²) in [7, 11) is 1.64. The molecule has 3 aromatic rings. The number of benzene rings is 1. The minimum absolute atomic E-state index is 0.130. The third-order valence-corrected chi connectivity index (χ3v) is 8.30. The fourth-order valence-electron chi connectivity index (χ4n) is 5.73. The molecule has 1 aromatic carbocycles. The number of halogens is 3. The largest absolute Gasteiger partial charge is 0.416 e. The second kappa shape index (κ2) is 13.3. The van der Waals surface area contributed by atoms with Gasteiger partial charge in [0.25, 0.3) is 5.56 Å². The second-order valence-electron chi connectivity index (χ2n) is 11.2. The van der Waals surface area contributed by atoms with E-state index in [1.807, 2.05) is 11.0 Å². The van der Waals surface area contributed by atoms with Crippen LogP contribution in [-0.4, -0.2) is 76.1 Å². The second-order valence-corrected chi connectivity index (χ2v) is 11.2. The summed E-state index contributed by atoms with van der Waals surface area (Å²) in [4.78, 5) is 39.1. The Labute approximate surface area is 248 Å². The molecule has 0 spiro atoms. The zero-order valence-corrected chi connectivity index (χ0v) is 24.6. The summed E-state index contributed by atoms with van der Waals surface area (Å²) < 4.78 is 41.3. The molecule has 1 atom stereocenters. The summed E-state index contributed by atoms with van der Waals surface area (Å²) >= 11 is 0. The molecule has 0 bridgehead atoms. The minimum Gasteiger partial charge on any atom is -0.363 e. The highest BCUT2D eigenvalue weighted by atomic mass is 19.4. The molecule has 0 radical (unpaired) electrons. The number of hydrogen-bond donors (Lipinski definition) is 2. The van der Waals surface area contributed by atoms with Crippen molar-refractivity contribution in [2.24, 2.45) is 7.05 Å². The van der Waals surface area contributed by atoms with Gasteiger partial charge < -0.3 is 20.4 Å². The van der Waals surface area contributed by atoms with E-state index in [9.17, 15) is 22.8 Å². The van der Waals surface area contributed by atoms with Crippen molar-refractivity contribution in [3.05, 3.63) is 69.8 Å². The van der Waals surface area contributed by atoms with Crippen LogP contribution in [0.2, 0.25) is 0 Å². The first-order chi connectivity index (χ1) is 20.6. The first kappa shape index (κ1) is 30.7. The van der Waals surface area contributed by atoms with Gasteiger partial charge in [-0.2, -0.15) is 13.2 Å². The van der Waals surface area contributed by atoms with Crippen LogP contribution in [-0.2, 0) is 18.0 Å². The van der Waals surface area contributed by atoms with E-state index in [1.54, 1.807) is 26.1 Å². The van der Waals surface area contributed by atoms with Crippen LogP contribution in [0, 0.1) is 0 Å². The number of carbonyl (C=O) groups is 1. The average Bonchev–Trinajstić information content (AvgIpc) is 3.01. The number of fused-ring (bicyclic) bond motifs is 1. The van der Waals surface area contributed by atoms with E-state index in [-0.39, 0.29) is 11.5 Å². The molecule has 2 aliphatic heterocycles. The molecule has 43 heavy (non-hydrogen) atoms. The number of amides is 1. The zero-order chi connectivity index (χ0) is 30.6. The number of unbranched alkanes of at least 4 members (excludes halogenated alkanes) is 1. The number of carbonyl (C=O) groups excluding carboxylic acids is 1. The van der Waals surface area contributed by atoms with Crippen LogP contribution in [0.5, 0.6) is 0 Å². The fourth-order valence-corrected chi connectivity index (χ4v) is 5.73. The maximum Gasteiger partial charge on any atom is 0.416 e. The normalized spacial score (nSPS) is 17.1. The van der Waals surface area contributed by atoms with Gasteiger partial charge in [-0.3, -0.25) is 14.2 Å². The molecule has 1 saturated heterocycles. The Morgan fingerprint density at radius 1 is 1.12 bits per heavy atom. The van der Waals surface area contributed by atoms with Crippen molar-refractivity contribution < 1.29 is 18.0 Å². The maximum atomic E-state index is 13.3. The lowest BCUT2D eigenvalue weighted by Crippen LogP contribution is -2.43. The van der Waals surface area contributed by atoms with Gasteiger partial charge in [0.15, 0.2) is 0 Å². The number of pyridine rings is 1. The first-order valence-corrected chi connectivity index (χ1v) is 14.8. The number of piperazine rings is 1. The molecule has 9 nitrogen and oxygen atoms in total. The summed E-state index contributed by atoms with van der Waals surface area (Å²) in [5.74, 6) is 0.547. The van der Waals surface area contributed by atoms with Crippen molar-refractivity contribution in [2.45, 2.75) is 44.8 Å². The van der Waals surface area contributed by atoms with Gasteiger partial charge in [0.1, 0.15) is 17.8 Å². The number of hydrogen-bond acceptors (Lipinski definition) is 7. The minimum atomic E-state index is -4.44. The van der Waals surface area contributed by atoms with Crippen molar-refractivity contribution in [3.63, 3.8) is 0 Å². The molecule has 2 N–H and O–H groups in total. The molecule has 2 aliphatic rings. The first-order valence-electron chi connectivity index (χ1n) is 14.8. The van der Waals surface area contributed by atoms with Crippen LogP contribution in [0.15, 0.2) is 47.5 Å². The highest BCUT2D eigenvalue weighted by Gasteiger charge is 2.31. The Balaban J connectivity index is 1.28. The van der Waals surface area contributed by atoms with Crippen molar-refractivity contribution >= 4 is 28.3 Å². The van der Waals surface area contributed by atoms with Crippen LogP contribution in [0.4, 0.5) is 19.0 Å². The number of nitrogens with one attached hydrogen (secondary N) is 2. The third kappa shape index (κ3) is 7.24. The molecule has 5 rings (SSSR count). The van der Waals surface area contributed by atoms with Crippen LogP contribution in [0.3, 0.4) is 0 Å². The van der Waals surface area contributed by atoms with Crippen molar-refractivity contribution in [1.29, 1.82) is 0 Å². The molecule has 4 heterocycles. The molecule has 1 unspecified atom stereocenters. The quantitative estimate of drug-likeness (QED) is 0.357. The number of rotatable bonds is 9. The Bertz CT molecular complexity index is 1550. The third-order valence-electron chi connectivity index (χ3n) is 8.30. The van der Waals surface area contributed by atoms with E-state index >= 15 is 0 Å². The van der Waals surface area contributed by atoms with Crippen LogP contribution < -0.4 is 16.2 Å². The number of anilines is 1. The van der Waals surface area contributed by atoms with Gasteiger partial charge in [0, 0.05) is 64.3 Å². The lowest BCUT2D eigenvalue weighted by molar-refractivity contribution is -0.137. The number of nitrogens with zero attached hydrogens (tertiary/aromatic N) is 5. The Kier molecular flexibility index (Phi) is 9.46. The van der Waals surface area contributed by atoms with E-state index in [0.717, 1.165) is 63.3 Å². The predicted octanol–water partition coefficient (Wildman–Crippen LogP) is 4.21. The molecule has 2 aromatic heterocycles. The van der Waals surface area contributed by atoms with E-state index in [2.05, 4.69) is 25.5 Å². The summed E-state index contributed by atoms with van der Waals surface area (Å²) in [6, 6.07) is 6.43. The number of alkyl halides is 3. The topological polar surface area (TPSA) is 95.4 Å². The van der Waals surface area contributed by atoms with Crippen LogP contribution >= 0.6 is 0 Å². The molecule has 0 aliphatic carbocycles. The van der Waals surface area contributed by atoms with E-state index < -0.39 is 17.8 Å². The van der Waals surface area contributed by atoms with Gasteiger partial charge in [-0.05, 0) is 62.1 Å². The predicted molar refractivity (Wildman–Crippen MR) is 161 cm³/mol. The standard InChI is InChI=1S/C31H38F3N7O2/c1-21(23-6-5-7-24(18-23)31(32,33)34)38-28-26-19-25(30(43)39(2)29(26)37-20-36-28)22-9-14-41(15-10-22)27(42)8-3-4-13-40-16-11-35-12-17-40/h5-7,9,18-21,35H,3-4,8,10-17H2,1-2H3,(H,36,37,38). The monoisotopic (exact) mass is 597 g/mol. The summed E-state index contributed by atoms with van der Waals surface area (Å²) in [5.41, 5.74) is 1.30. The molecular weight excluding hydrogens is 559 g/mol. The Morgan fingerprint density at radius 3 is 2.63 bits per heavy atom. The maximum absolute atomic E-state index is 13.3. The summed E-state index contributed by atoms with van der Waals surface area (Å²) in [6.07, 6.45) is 1.74. The summed E-state index contributed by atoms with van der Waals surface area (Å²) in [6.45, 7) is 7.90. The van der Waals surface area contributed by atoms with Gasteiger partial charge >= 0.3 is 6.18 Å². The van der Waals surface area contributed by atoms with Gasteiger partial charge in [-0.15, -0.1) is 0 Å². The van der Waals surface area contributed by atoms with Gasteiger partial charge in [0.05, 0.1) is 10.9 Å². The van der Waals surface area contributed by atoms with Gasteiger partial charge in [0.2, 0.25) is 5.91 Å². The molecule has 230 valence electrons. The molecular formula is C31H38F3N7O2. The van der Waals surface area contributed by atoms with E-state index in [4.69, 9.17) is 0 Å². The van der Waals surface area contributed by atoms with Crippen LogP contribution in [0.25, 0.3) is 16.6 Å². The molecule has 0 saturated carbocycles. The van der Waals surface area contributed by atoms with Crippen molar-refractivity contribution in [1.82, 2.24) is 29.7 Å². The highest BCUT2D eigenvalue weighted by Crippen LogP contribution is 2.32.